The Kier molecular flexibility index (Phi) is 4.69. The number of nitrogen functional groups attached to an aromatic ring is 1. The number of anilines is 1. The normalized spacial score (nSPS) is 11.7. The van der Waals surface area contributed by atoms with Crippen LogP contribution in [-0.4, -0.2) is 24.3 Å². The lowest BCUT2D eigenvalue weighted by Crippen LogP contribution is -2.24. The maximum absolute atomic E-state index is 11.9. The molecule has 0 saturated carbocycles. The van der Waals surface area contributed by atoms with Crippen molar-refractivity contribution in [1.29, 1.82) is 0 Å². The first-order chi connectivity index (χ1) is 12.8. The van der Waals surface area contributed by atoms with Gasteiger partial charge in [-0.05, 0) is 25.1 Å². The third-order valence-electron chi connectivity index (χ3n) is 3.53. The van der Waals surface area contributed by atoms with Gasteiger partial charge in [0, 0.05) is 17.0 Å². The van der Waals surface area contributed by atoms with Crippen LogP contribution in [0.1, 0.15) is 5.56 Å². The standard InChI is InChI=1S/C16H16N8O2S/c1-9-2-3-10-7-21-15(17)14(12(10)6-9)23-22-11-4-5-13(20-8-11)27(25,26)24-16(18)19/h2-8H,1H3,(H2,17,21)(H4,18,19,24). The minimum Gasteiger partial charge on any atom is -0.382 e. The molecule has 6 N–H and O–H groups in total. The Bertz CT molecular complexity index is 1160. The number of azo groups is 1. The first kappa shape index (κ1) is 18.2. The molecule has 138 valence electrons. The van der Waals surface area contributed by atoms with Crippen molar-refractivity contribution >= 4 is 43.9 Å². The van der Waals surface area contributed by atoms with Crippen LogP contribution in [0.15, 0.2) is 62.4 Å². The van der Waals surface area contributed by atoms with Gasteiger partial charge in [-0.3, -0.25) is 0 Å². The molecular weight excluding hydrogens is 368 g/mol. The van der Waals surface area contributed by atoms with Gasteiger partial charge < -0.3 is 17.2 Å². The van der Waals surface area contributed by atoms with E-state index in [0.29, 0.717) is 11.4 Å². The van der Waals surface area contributed by atoms with E-state index >= 15 is 0 Å². The molecular formula is C16H16N8O2S. The minimum atomic E-state index is -4.06. The summed E-state index contributed by atoms with van der Waals surface area (Å²) in [5, 5.41) is 9.61. The van der Waals surface area contributed by atoms with Crippen molar-refractivity contribution in [2.24, 2.45) is 26.1 Å². The molecule has 10 nitrogen and oxygen atoms in total. The van der Waals surface area contributed by atoms with Crippen LogP contribution >= 0.6 is 0 Å². The molecule has 0 unspecified atom stereocenters. The highest BCUT2D eigenvalue weighted by Crippen LogP contribution is 2.32. The van der Waals surface area contributed by atoms with E-state index in [-0.39, 0.29) is 10.8 Å². The summed E-state index contributed by atoms with van der Waals surface area (Å²) < 4.78 is 26.9. The smallest absolute Gasteiger partial charge is 0.302 e. The number of sulfonamides is 1. The summed E-state index contributed by atoms with van der Waals surface area (Å²) in [7, 11) is -4.06. The van der Waals surface area contributed by atoms with Crippen LogP contribution in [0.2, 0.25) is 0 Å². The number of benzene rings is 1. The van der Waals surface area contributed by atoms with Crippen molar-refractivity contribution in [2.75, 3.05) is 5.73 Å². The summed E-state index contributed by atoms with van der Waals surface area (Å²) in [5.41, 5.74) is 17.9. The Morgan fingerprint density at radius 3 is 2.48 bits per heavy atom. The Morgan fingerprint density at radius 1 is 1.04 bits per heavy atom. The number of hydrogen-bond donors (Lipinski definition) is 3. The number of pyridine rings is 2. The second-order valence-corrected chi connectivity index (χ2v) is 7.18. The predicted octanol–water partition coefficient (Wildman–Crippen LogP) is 1.90. The maximum Gasteiger partial charge on any atom is 0.302 e. The van der Waals surface area contributed by atoms with Gasteiger partial charge in [0.05, 0.1) is 6.20 Å². The van der Waals surface area contributed by atoms with Crippen molar-refractivity contribution in [3.8, 4) is 0 Å². The van der Waals surface area contributed by atoms with E-state index in [1.54, 1.807) is 6.20 Å². The summed E-state index contributed by atoms with van der Waals surface area (Å²) in [6, 6.07) is 8.46. The minimum absolute atomic E-state index is 0.233. The molecule has 11 heteroatoms. The zero-order valence-corrected chi connectivity index (χ0v) is 15.1. The van der Waals surface area contributed by atoms with Crippen LogP contribution in [0.25, 0.3) is 10.8 Å². The van der Waals surface area contributed by atoms with Gasteiger partial charge in [-0.15, -0.1) is 14.6 Å². The van der Waals surface area contributed by atoms with E-state index in [2.05, 4.69) is 24.6 Å². The molecule has 0 aliphatic carbocycles. The molecule has 3 aromatic rings. The van der Waals surface area contributed by atoms with Crippen molar-refractivity contribution in [2.45, 2.75) is 11.9 Å². The molecule has 0 aliphatic rings. The fourth-order valence-corrected chi connectivity index (χ4v) is 3.11. The second kappa shape index (κ2) is 6.96. The van der Waals surface area contributed by atoms with Crippen LogP contribution in [0.4, 0.5) is 17.2 Å². The van der Waals surface area contributed by atoms with Gasteiger partial charge in [-0.25, -0.2) is 9.97 Å². The molecule has 0 amide bonds. The van der Waals surface area contributed by atoms with E-state index in [0.717, 1.165) is 16.3 Å². The monoisotopic (exact) mass is 384 g/mol. The quantitative estimate of drug-likeness (QED) is 0.349. The highest BCUT2D eigenvalue weighted by molar-refractivity contribution is 7.90. The van der Waals surface area contributed by atoms with Crippen LogP contribution in [-0.2, 0) is 10.0 Å². The van der Waals surface area contributed by atoms with Gasteiger partial charge in [0.1, 0.15) is 11.4 Å². The Hall–Kier alpha value is -3.60. The van der Waals surface area contributed by atoms with E-state index in [1.807, 2.05) is 25.1 Å². The summed E-state index contributed by atoms with van der Waals surface area (Å²) >= 11 is 0. The van der Waals surface area contributed by atoms with Crippen molar-refractivity contribution < 1.29 is 8.42 Å². The van der Waals surface area contributed by atoms with Crippen molar-refractivity contribution in [1.82, 2.24) is 9.97 Å². The van der Waals surface area contributed by atoms with Gasteiger partial charge >= 0.3 is 10.0 Å². The summed E-state index contributed by atoms with van der Waals surface area (Å²) in [4.78, 5) is 7.92. The van der Waals surface area contributed by atoms with E-state index in [1.165, 1.54) is 18.3 Å². The van der Waals surface area contributed by atoms with E-state index < -0.39 is 16.0 Å². The largest absolute Gasteiger partial charge is 0.382 e. The van der Waals surface area contributed by atoms with Crippen molar-refractivity contribution in [3.05, 3.63) is 48.3 Å². The van der Waals surface area contributed by atoms with Crippen molar-refractivity contribution in [3.63, 3.8) is 0 Å². The van der Waals surface area contributed by atoms with Crippen LogP contribution in [0, 0.1) is 6.92 Å². The first-order valence-electron chi connectivity index (χ1n) is 7.65. The molecule has 0 radical (unpaired) electrons. The zero-order chi connectivity index (χ0) is 19.6. The fraction of sp³-hybridized carbons (Fsp3) is 0.0625. The zero-order valence-electron chi connectivity index (χ0n) is 14.2. The molecule has 2 heterocycles. The van der Waals surface area contributed by atoms with Gasteiger partial charge in [-0.1, -0.05) is 17.7 Å². The number of nitrogens with two attached hydrogens (primary N) is 3. The number of aromatic nitrogens is 2. The van der Waals surface area contributed by atoms with E-state index in [4.69, 9.17) is 17.2 Å². The summed E-state index contributed by atoms with van der Waals surface area (Å²) in [6.07, 6.45) is 2.90. The number of fused-ring (bicyclic) bond motifs is 1. The molecule has 0 saturated heterocycles. The summed E-state index contributed by atoms with van der Waals surface area (Å²) in [5.74, 6) is -0.341. The van der Waals surface area contributed by atoms with Gasteiger partial charge in [0.25, 0.3) is 0 Å². The average Bonchev–Trinajstić information content (AvgIpc) is 2.60. The lowest BCUT2D eigenvalue weighted by Gasteiger charge is -2.05. The van der Waals surface area contributed by atoms with Crippen LogP contribution < -0.4 is 17.2 Å². The lowest BCUT2D eigenvalue weighted by atomic mass is 10.1. The van der Waals surface area contributed by atoms with Crippen LogP contribution in [0.3, 0.4) is 0 Å². The Labute approximate surface area is 154 Å². The SMILES string of the molecule is Cc1ccc2cnc(N)c(N=Nc3ccc(S(=O)(=O)N=C(N)N)nc3)c2c1. The maximum atomic E-state index is 11.9. The number of nitrogens with zero attached hydrogens (tertiary/aromatic N) is 5. The molecule has 0 fully saturated rings. The fourth-order valence-electron chi connectivity index (χ4n) is 2.31. The number of rotatable bonds is 4. The molecule has 27 heavy (non-hydrogen) atoms. The summed E-state index contributed by atoms with van der Waals surface area (Å²) in [6.45, 7) is 1.96. The van der Waals surface area contributed by atoms with Gasteiger partial charge in [0.2, 0.25) is 5.96 Å². The average molecular weight is 384 g/mol. The molecule has 0 bridgehead atoms. The van der Waals surface area contributed by atoms with Gasteiger partial charge in [-0.2, -0.15) is 8.42 Å². The molecule has 3 rings (SSSR count). The first-order valence-corrected chi connectivity index (χ1v) is 9.09. The molecule has 0 spiro atoms. The third kappa shape index (κ3) is 3.98. The molecule has 0 aliphatic heterocycles. The number of guanidine groups is 1. The van der Waals surface area contributed by atoms with Gasteiger partial charge in [0.15, 0.2) is 10.8 Å². The third-order valence-corrected chi connectivity index (χ3v) is 4.75. The lowest BCUT2D eigenvalue weighted by molar-refractivity contribution is 0.594. The highest BCUT2D eigenvalue weighted by Gasteiger charge is 2.14. The Morgan fingerprint density at radius 2 is 1.81 bits per heavy atom. The second-order valence-electron chi connectivity index (χ2n) is 5.63. The molecule has 0 atom stereocenters. The van der Waals surface area contributed by atoms with E-state index in [9.17, 15) is 8.42 Å². The predicted molar refractivity (Wildman–Crippen MR) is 102 cm³/mol. The molecule has 2 aromatic heterocycles. The van der Waals surface area contributed by atoms with Crippen LogP contribution in [0.5, 0.6) is 0 Å². The number of hydrogen-bond acceptors (Lipinski definition) is 7. The topological polar surface area (TPSA) is 175 Å². The molecule has 1 aromatic carbocycles. The Balaban J connectivity index is 1.96. The highest BCUT2D eigenvalue weighted by atomic mass is 32.2. The number of aryl methyl sites for hydroxylation is 1.